The molecule has 0 radical (unpaired) electrons. The van der Waals surface area contributed by atoms with Crippen molar-refractivity contribution < 1.29 is 24.2 Å². The van der Waals surface area contributed by atoms with Crippen molar-refractivity contribution in [3.8, 4) is 17.6 Å². The molecule has 2 rings (SSSR count). The number of hydrogen-bond acceptors (Lipinski definition) is 6. The second-order valence-electron chi connectivity index (χ2n) is 5.10. The third-order valence-electron chi connectivity index (χ3n) is 3.55. The molecule has 2 amide bonds. The number of carbonyl (C=O) groups is 2. The monoisotopic (exact) mass is 331 g/mol. The SMILES string of the molecule is COc1ccc(OC)c(N2C(=O)C=C(NC(C)=O)C2(O)CC#N)c1. The molecule has 24 heavy (non-hydrogen) atoms. The van der Waals surface area contributed by atoms with Gasteiger partial charge in [-0.1, -0.05) is 0 Å². The number of nitrogens with zero attached hydrogens (tertiary/aromatic N) is 2. The molecule has 1 aromatic rings. The Balaban J connectivity index is 2.59. The number of methoxy groups -OCH3 is 2. The first-order valence-corrected chi connectivity index (χ1v) is 7.02. The number of aliphatic hydroxyl groups is 1. The average Bonchev–Trinajstić information content (AvgIpc) is 2.76. The lowest BCUT2D eigenvalue weighted by Crippen LogP contribution is -2.51. The van der Waals surface area contributed by atoms with Crippen molar-refractivity contribution in [3.63, 3.8) is 0 Å². The van der Waals surface area contributed by atoms with Gasteiger partial charge in [0.25, 0.3) is 5.91 Å². The molecule has 1 aromatic carbocycles. The van der Waals surface area contributed by atoms with Crippen LogP contribution in [0.15, 0.2) is 30.0 Å². The largest absolute Gasteiger partial charge is 0.497 e. The lowest BCUT2D eigenvalue weighted by molar-refractivity contribution is -0.119. The van der Waals surface area contributed by atoms with E-state index >= 15 is 0 Å². The van der Waals surface area contributed by atoms with Crippen LogP contribution < -0.4 is 19.7 Å². The van der Waals surface area contributed by atoms with Gasteiger partial charge in [0.05, 0.1) is 38.1 Å². The summed E-state index contributed by atoms with van der Waals surface area (Å²) in [5.74, 6) is -0.322. The van der Waals surface area contributed by atoms with Gasteiger partial charge in [-0.15, -0.1) is 0 Å². The summed E-state index contributed by atoms with van der Waals surface area (Å²) >= 11 is 0. The Kier molecular flexibility index (Phi) is 4.76. The van der Waals surface area contributed by atoms with Crippen molar-refractivity contribution in [1.29, 1.82) is 5.26 Å². The van der Waals surface area contributed by atoms with E-state index in [0.717, 1.165) is 11.0 Å². The number of hydrogen-bond donors (Lipinski definition) is 2. The summed E-state index contributed by atoms with van der Waals surface area (Å²) in [4.78, 5) is 24.8. The summed E-state index contributed by atoms with van der Waals surface area (Å²) in [5.41, 5.74) is -1.86. The van der Waals surface area contributed by atoms with Gasteiger partial charge in [-0.2, -0.15) is 5.26 Å². The first-order valence-electron chi connectivity index (χ1n) is 7.02. The van der Waals surface area contributed by atoms with Gasteiger partial charge in [0, 0.05) is 19.1 Å². The van der Waals surface area contributed by atoms with E-state index in [1.807, 2.05) is 6.07 Å². The maximum absolute atomic E-state index is 12.5. The minimum Gasteiger partial charge on any atom is -0.497 e. The molecule has 0 bridgehead atoms. The highest BCUT2D eigenvalue weighted by molar-refractivity contribution is 6.08. The van der Waals surface area contributed by atoms with Gasteiger partial charge < -0.3 is 19.9 Å². The molecular formula is C16H17N3O5. The van der Waals surface area contributed by atoms with Gasteiger partial charge in [0.1, 0.15) is 11.5 Å². The smallest absolute Gasteiger partial charge is 0.255 e. The van der Waals surface area contributed by atoms with Crippen LogP contribution in [0.25, 0.3) is 0 Å². The number of amides is 2. The highest BCUT2D eigenvalue weighted by Crippen LogP contribution is 2.41. The van der Waals surface area contributed by atoms with Crippen LogP contribution in [0.2, 0.25) is 0 Å². The molecule has 0 aliphatic carbocycles. The van der Waals surface area contributed by atoms with Crippen LogP contribution in [0.1, 0.15) is 13.3 Å². The number of anilines is 1. The van der Waals surface area contributed by atoms with Crippen molar-refractivity contribution in [2.75, 3.05) is 19.1 Å². The maximum atomic E-state index is 12.5. The molecule has 8 nitrogen and oxygen atoms in total. The van der Waals surface area contributed by atoms with Gasteiger partial charge in [-0.05, 0) is 12.1 Å². The average molecular weight is 331 g/mol. The van der Waals surface area contributed by atoms with Crippen LogP contribution in [0, 0.1) is 11.3 Å². The molecule has 0 fully saturated rings. The maximum Gasteiger partial charge on any atom is 0.255 e. The molecule has 2 N–H and O–H groups in total. The van der Waals surface area contributed by atoms with Crippen LogP contribution in [0.5, 0.6) is 11.5 Å². The molecule has 1 aliphatic rings. The topological polar surface area (TPSA) is 112 Å². The molecule has 8 heteroatoms. The summed E-state index contributed by atoms with van der Waals surface area (Å²) in [6, 6.07) is 6.54. The van der Waals surface area contributed by atoms with Gasteiger partial charge in [0.15, 0.2) is 5.72 Å². The van der Waals surface area contributed by atoms with E-state index < -0.39 is 24.0 Å². The predicted octanol–water partition coefficient (Wildman–Crippen LogP) is 0.673. The van der Waals surface area contributed by atoms with E-state index in [0.29, 0.717) is 11.5 Å². The molecular weight excluding hydrogens is 314 g/mol. The Morgan fingerprint density at radius 1 is 1.42 bits per heavy atom. The van der Waals surface area contributed by atoms with E-state index in [-0.39, 0.29) is 11.4 Å². The molecule has 1 atom stereocenters. The van der Waals surface area contributed by atoms with E-state index in [1.54, 1.807) is 12.1 Å². The van der Waals surface area contributed by atoms with Crippen molar-refractivity contribution in [2.45, 2.75) is 19.1 Å². The minimum atomic E-state index is -2.02. The zero-order valence-corrected chi connectivity index (χ0v) is 13.5. The van der Waals surface area contributed by atoms with Crippen molar-refractivity contribution in [3.05, 3.63) is 30.0 Å². The Hall–Kier alpha value is -3.05. The van der Waals surface area contributed by atoms with Gasteiger partial charge in [0.2, 0.25) is 5.91 Å². The number of ether oxygens (including phenoxy) is 2. The number of benzene rings is 1. The highest BCUT2D eigenvalue weighted by atomic mass is 16.5. The van der Waals surface area contributed by atoms with Crippen LogP contribution in [-0.4, -0.2) is 36.9 Å². The molecule has 0 saturated carbocycles. The Bertz CT molecular complexity index is 753. The van der Waals surface area contributed by atoms with Crippen molar-refractivity contribution in [2.24, 2.45) is 0 Å². The van der Waals surface area contributed by atoms with Crippen LogP contribution in [0.3, 0.4) is 0 Å². The number of carbonyl (C=O) groups excluding carboxylic acids is 2. The van der Waals surface area contributed by atoms with Gasteiger partial charge in [-0.25, -0.2) is 0 Å². The van der Waals surface area contributed by atoms with E-state index in [2.05, 4.69) is 5.32 Å². The third-order valence-corrected chi connectivity index (χ3v) is 3.55. The first-order chi connectivity index (χ1) is 11.4. The van der Waals surface area contributed by atoms with Crippen LogP contribution in [0.4, 0.5) is 5.69 Å². The molecule has 126 valence electrons. The third kappa shape index (κ3) is 2.89. The Morgan fingerprint density at radius 3 is 2.67 bits per heavy atom. The van der Waals surface area contributed by atoms with Crippen LogP contribution >= 0.6 is 0 Å². The van der Waals surface area contributed by atoms with Crippen LogP contribution in [-0.2, 0) is 9.59 Å². The fourth-order valence-electron chi connectivity index (χ4n) is 2.51. The number of nitrogens with one attached hydrogen (secondary N) is 1. The fraction of sp³-hybridized carbons (Fsp3) is 0.312. The van der Waals surface area contributed by atoms with E-state index in [9.17, 15) is 14.7 Å². The second kappa shape index (κ2) is 6.60. The summed E-state index contributed by atoms with van der Waals surface area (Å²) in [7, 11) is 2.87. The lowest BCUT2D eigenvalue weighted by atomic mass is 10.1. The van der Waals surface area contributed by atoms with Gasteiger partial charge in [-0.3, -0.25) is 14.5 Å². The minimum absolute atomic E-state index is 0.0635. The predicted molar refractivity (Wildman–Crippen MR) is 84.1 cm³/mol. The molecule has 0 spiro atoms. The molecule has 0 saturated heterocycles. The zero-order chi connectivity index (χ0) is 17.9. The zero-order valence-electron chi connectivity index (χ0n) is 13.5. The Labute approximate surface area is 138 Å². The second-order valence-corrected chi connectivity index (χ2v) is 5.10. The van der Waals surface area contributed by atoms with Crippen molar-refractivity contribution in [1.82, 2.24) is 5.32 Å². The number of rotatable bonds is 5. The summed E-state index contributed by atoms with van der Waals surface area (Å²) < 4.78 is 10.4. The first kappa shape index (κ1) is 17.3. The Morgan fingerprint density at radius 2 is 2.12 bits per heavy atom. The highest BCUT2D eigenvalue weighted by Gasteiger charge is 2.48. The lowest BCUT2D eigenvalue weighted by Gasteiger charge is -2.35. The van der Waals surface area contributed by atoms with Crippen molar-refractivity contribution >= 4 is 17.5 Å². The summed E-state index contributed by atoms with van der Waals surface area (Å²) in [5, 5.41) is 22.4. The fourth-order valence-corrected chi connectivity index (χ4v) is 2.51. The molecule has 1 heterocycles. The quantitative estimate of drug-likeness (QED) is 0.820. The van der Waals surface area contributed by atoms with E-state index in [4.69, 9.17) is 14.7 Å². The molecule has 0 aromatic heterocycles. The molecule has 1 aliphatic heterocycles. The summed E-state index contributed by atoms with van der Waals surface area (Å²) in [6.45, 7) is 1.24. The number of nitriles is 1. The van der Waals surface area contributed by atoms with Gasteiger partial charge >= 0.3 is 0 Å². The standard InChI is InChI=1S/C16H17N3O5/c1-10(20)18-14-9-15(21)19(16(14,22)6-7-17)12-8-11(23-2)4-5-13(12)24-3/h4-5,8-9,22H,6H2,1-3H3,(H,18,20). The normalized spacial score (nSPS) is 19.5. The molecule has 1 unspecified atom stereocenters. The van der Waals surface area contributed by atoms with E-state index in [1.165, 1.54) is 27.2 Å². The summed E-state index contributed by atoms with van der Waals surface area (Å²) in [6.07, 6.45) is 0.642.